The van der Waals surface area contributed by atoms with Gasteiger partial charge in [0.05, 0.1) is 17.5 Å². The van der Waals surface area contributed by atoms with Crippen molar-refractivity contribution in [2.45, 2.75) is 39.5 Å². The smallest absolute Gasteiger partial charge is 0.163 e. The number of hydrogen-bond donors (Lipinski definition) is 0. The summed E-state index contributed by atoms with van der Waals surface area (Å²) >= 11 is 0. The van der Waals surface area contributed by atoms with Crippen LogP contribution < -0.4 is 4.90 Å². The highest BCUT2D eigenvalue weighted by atomic mass is 16.1. The summed E-state index contributed by atoms with van der Waals surface area (Å²) < 4.78 is 1.74. The van der Waals surface area contributed by atoms with Gasteiger partial charge in [0.1, 0.15) is 5.82 Å². The molecule has 2 aromatic heterocycles. The second-order valence-corrected chi connectivity index (χ2v) is 7.29. The zero-order valence-electron chi connectivity index (χ0n) is 16.4. The third-order valence-corrected chi connectivity index (χ3v) is 5.27. The zero-order valence-corrected chi connectivity index (χ0v) is 16.4. The highest BCUT2D eigenvalue weighted by molar-refractivity contribution is 5.95. The molecular formula is C22H25N5O. The zero-order chi connectivity index (χ0) is 19.5. The van der Waals surface area contributed by atoms with Crippen LogP contribution >= 0.6 is 0 Å². The Balaban J connectivity index is 1.83. The minimum absolute atomic E-state index is 0.00818. The summed E-state index contributed by atoms with van der Waals surface area (Å²) in [7, 11) is 0. The molecule has 0 amide bonds. The summed E-state index contributed by atoms with van der Waals surface area (Å²) in [6, 6.07) is 12.0. The Morgan fingerprint density at radius 1 is 0.964 bits per heavy atom. The Morgan fingerprint density at radius 3 is 2.29 bits per heavy atom. The summed E-state index contributed by atoms with van der Waals surface area (Å²) in [5, 5.41) is 4.43. The van der Waals surface area contributed by atoms with Crippen LogP contribution in [0.1, 0.15) is 48.7 Å². The molecule has 1 aromatic carbocycles. The molecule has 28 heavy (non-hydrogen) atoms. The minimum atomic E-state index is 0.00818. The Bertz CT molecular complexity index is 972. The van der Waals surface area contributed by atoms with E-state index in [1.54, 1.807) is 17.8 Å². The van der Waals surface area contributed by atoms with E-state index >= 15 is 0 Å². The first kappa shape index (κ1) is 18.3. The van der Waals surface area contributed by atoms with Crippen molar-refractivity contribution in [2.75, 3.05) is 18.0 Å². The monoisotopic (exact) mass is 375 g/mol. The number of hydrogen-bond acceptors (Lipinski definition) is 5. The molecule has 3 aromatic rings. The molecule has 6 heteroatoms. The molecule has 0 spiro atoms. The van der Waals surface area contributed by atoms with Gasteiger partial charge < -0.3 is 4.90 Å². The van der Waals surface area contributed by atoms with Gasteiger partial charge in [-0.3, -0.25) is 4.79 Å². The lowest BCUT2D eigenvalue weighted by molar-refractivity contribution is 0.101. The van der Waals surface area contributed by atoms with Crippen molar-refractivity contribution in [1.29, 1.82) is 0 Å². The number of benzene rings is 1. The topological polar surface area (TPSA) is 63.9 Å². The first-order chi connectivity index (χ1) is 13.6. The molecule has 0 N–H and O–H groups in total. The third kappa shape index (κ3) is 3.67. The number of rotatable bonds is 4. The molecule has 0 unspecified atom stereocenters. The standard InChI is InChI=1S/C22H25N5O/c1-16-19(17(2)28)15-23-27(16)21-14-20(26-12-8-3-4-9-13-26)24-22(25-21)18-10-6-5-7-11-18/h5-7,10-11,14-15H,3-4,8-9,12-13H2,1-2H3. The molecule has 0 atom stereocenters. The van der Waals surface area contributed by atoms with Gasteiger partial charge in [-0.15, -0.1) is 0 Å². The van der Waals surface area contributed by atoms with Gasteiger partial charge in [0.25, 0.3) is 0 Å². The van der Waals surface area contributed by atoms with Crippen molar-refractivity contribution in [3.63, 3.8) is 0 Å². The van der Waals surface area contributed by atoms with E-state index in [1.165, 1.54) is 25.7 Å². The van der Waals surface area contributed by atoms with Gasteiger partial charge >= 0.3 is 0 Å². The van der Waals surface area contributed by atoms with E-state index < -0.39 is 0 Å². The Hall–Kier alpha value is -3.02. The van der Waals surface area contributed by atoms with Gasteiger partial charge in [-0.25, -0.2) is 14.6 Å². The van der Waals surface area contributed by atoms with Crippen LogP contribution in [-0.2, 0) is 0 Å². The number of nitrogens with zero attached hydrogens (tertiary/aromatic N) is 5. The molecule has 0 radical (unpaired) electrons. The van der Waals surface area contributed by atoms with Crippen LogP contribution in [0.3, 0.4) is 0 Å². The molecule has 0 bridgehead atoms. The van der Waals surface area contributed by atoms with Crippen molar-refractivity contribution in [1.82, 2.24) is 19.7 Å². The first-order valence-electron chi connectivity index (χ1n) is 9.89. The van der Waals surface area contributed by atoms with Crippen molar-refractivity contribution in [3.05, 3.63) is 53.9 Å². The van der Waals surface area contributed by atoms with Crippen LogP contribution in [0.25, 0.3) is 17.2 Å². The fourth-order valence-corrected chi connectivity index (χ4v) is 3.69. The molecule has 0 saturated carbocycles. The van der Waals surface area contributed by atoms with Gasteiger partial charge in [-0.2, -0.15) is 5.10 Å². The molecule has 1 aliphatic heterocycles. The summed E-state index contributed by atoms with van der Waals surface area (Å²) in [6.07, 6.45) is 6.50. The highest BCUT2D eigenvalue weighted by Crippen LogP contribution is 2.25. The molecule has 144 valence electrons. The third-order valence-electron chi connectivity index (χ3n) is 5.27. The van der Waals surface area contributed by atoms with E-state index in [0.29, 0.717) is 17.2 Å². The van der Waals surface area contributed by atoms with E-state index in [2.05, 4.69) is 10.00 Å². The van der Waals surface area contributed by atoms with Crippen molar-refractivity contribution >= 4 is 11.6 Å². The summed E-state index contributed by atoms with van der Waals surface area (Å²) in [5.41, 5.74) is 2.39. The molecule has 6 nitrogen and oxygen atoms in total. The van der Waals surface area contributed by atoms with E-state index in [4.69, 9.17) is 9.97 Å². The van der Waals surface area contributed by atoms with Crippen LogP contribution in [0.4, 0.5) is 5.82 Å². The Labute approximate surface area is 165 Å². The summed E-state index contributed by atoms with van der Waals surface area (Å²) in [5.74, 6) is 2.30. The van der Waals surface area contributed by atoms with Crippen LogP contribution in [0.2, 0.25) is 0 Å². The molecule has 1 aliphatic rings. The lowest BCUT2D eigenvalue weighted by Crippen LogP contribution is -2.25. The number of aromatic nitrogens is 4. The maximum Gasteiger partial charge on any atom is 0.163 e. The normalized spacial score (nSPS) is 14.7. The van der Waals surface area contributed by atoms with E-state index in [0.717, 1.165) is 30.2 Å². The predicted octanol–water partition coefficient (Wildman–Crippen LogP) is 4.22. The average molecular weight is 375 g/mol. The van der Waals surface area contributed by atoms with E-state index in [1.807, 2.05) is 43.3 Å². The van der Waals surface area contributed by atoms with Crippen LogP contribution in [0.15, 0.2) is 42.6 Å². The van der Waals surface area contributed by atoms with Gasteiger partial charge in [-0.1, -0.05) is 43.2 Å². The van der Waals surface area contributed by atoms with Gasteiger partial charge in [0.15, 0.2) is 17.4 Å². The van der Waals surface area contributed by atoms with E-state index in [-0.39, 0.29) is 5.78 Å². The van der Waals surface area contributed by atoms with Crippen molar-refractivity contribution in [2.24, 2.45) is 0 Å². The second-order valence-electron chi connectivity index (χ2n) is 7.29. The molecule has 4 rings (SSSR count). The maximum absolute atomic E-state index is 11.9. The number of carbonyl (C=O) groups excluding carboxylic acids is 1. The lowest BCUT2D eigenvalue weighted by Gasteiger charge is -2.22. The van der Waals surface area contributed by atoms with Crippen LogP contribution in [-0.4, -0.2) is 38.6 Å². The number of carbonyl (C=O) groups is 1. The predicted molar refractivity (Wildman–Crippen MR) is 110 cm³/mol. The van der Waals surface area contributed by atoms with E-state index in [9.17, 15) is 4.79 Å². The van der Waals surface area contributed by atoms with Gasteiger partial charge in [-0.05, 0) is 26.7 Å². The number of Topliss-reactive ketones (excluding diaryl/α,β-unsaturated/α-hetero) is 1. The molecule has 3 heterocycles. The van der Waals surface area contributed by atoms with Gasteiger partial charge in [0, 0.05) is 24.7 Å². The first-order valence-corrected chi connectivity index (χ1v) is 9.89. The SMILES string of the molecule is CC(=O)c1cnn(-c2cc(N3CCCCCC3)nc(-c3ccccc3)n2)c1C. The average Bonchev–Trinajstić information content (AvgIpc) is 2.92. The van der Waals surface area contributed by atoms with Crippen LogP contribution in [0.5, 0.6) is 0 Å². The molecule has 1 fully saturated rings. The molecule has 0 aliphatic carbocycles. The van der Waals surface area contributed by atoms with Gasteiger partial charge in [0.2, 0.25) is 0 Å². The summed E-state index contributed by atoms with van der Waals surface area (Å²) in [4.78, 5) is 23.8. The molecule has 1 saturated heterocycles. The Morgan fingerprint density at radius 2 is 1.64 bits per heavy atom. The Kier molecular flexibility index (Phi) is 5.19. The fraction of sp³-hybridized carbons (Fsp3) is 0.364. The van der Waals surface area contributed by atoms with Crippen LogP contribution in [0, 0.1) is 6.92 Å². The lowest BCUT2D eigenvalue weighted by atomic mass is 10.2. The van der Waals surface area contributed by atoms with Crippen molar-refractivity contribution in [3.8, 4) is 17.2 Å². The maximum atomic E-state index is 11.9. The largest absolute Gasteiger partial charge is 0.356 e. The fourth-order valence-electron chi connectivity index (χ4n) is 3.69. The molecular weight excluding hydrogens is 350 g/mol. The number of anilines is 1. The second kappa shape index (κ2) is 7.92. The number of ketones is 1. The highest BCUT2D eigenvalue weighted by Gasteiger charge is 2.18. The quantitative estimate of drug-likeness (QED) is 0.639. The van der Waals surface area contributed by atoms with Crippen molar-refractivity contribution < 1.29 is 4.79 Å². The minimum Gasteiger partial charge on any atom is -0.356 e. The summed E-state index contributed by atoms with van der Waals surface area (Å²) in [6.45, 7) is 5.47.